The summed E-state index contributed by atoms with van der Waals surface area (Å²) in [7, 11) is 0. The first kappa shape index (κ1) is 15.2. The fourth-order valence-electron chi connectivity index (χ4n) is 1.70. The van der Waals surface area contributed by atoms with Crippen molar-refractivity contribution >= 4 is 40.5 Å². The van der Waals surface area contributed by atoms with E-state index in [0.29, 0.717) is 0 Å². The average molecular weight is 326 g/mol. The lowest BCUT2D eigenvalue weighted by Gasteiger charge is -2.07. The summed E-state index contributed by atoms with van der Waals surface area (Å²) in [6, 6.07) is 7.08. The number of carbonyl (C=O) groups is 1. The molecule has 0 bridgehead atoms. The van der Waals surface area contributed by atoms with Gasteiger partial charge in [-0.15, -0.1) is 0 Å². The van der Waals surface area contributed by atoms with Gasteiger partial charge >= 0.3 is 0 Å². The molecule has 6 nitrogen and oxygen atoms in total. The average Bonchev–Trinajstić information content (AvgIpc) is 2.37. The fraction of sp³-hybridized carbons (Fsp3) is 0.0769. The van der Waals surface area contributed by atoms with Gasteiger partial charge in [-0.1, -0.05) is 29.3 Å². The molecule has 0 aliphatic rings. The molecule has 2 aromatic rings. The maximum Gasteiger partial charge on any atom is 0.292 e. The molecule has 1 aromatic carbocycles. The number of anilines is 1. The summed E-state index contributed by atoms with van der Waals surface area (Å²) in [5.41, 5.74) is 0.853. The van der Waals surface area contributed by atoms with E-state index < -0.39 is 10.8 Å². The quantitative estimate of drug-likeness (QED) is 0.527. The Hall–Kier alpha value is -2.18. The highest BCUT2D eigenvalue weighted by molar-refractivity contribution is 6.33. The minimum absolute atomic E-state index is 0.0615. The van der Waals surface area contributed by atoms with Crippen LogP contribution < -0.4 is 5.32 Å². The Morgan fingerprint density at radius 3 is 2.43 bits per heavy atom. The van der Waals surface area contributed by atoms with Crippen LogP contribution in [0.4, 0.5) is 11.4 Å². The van der Waals surface area contributed by atoms with Gasteiger partial charge in [-0.05, 0) is 30.7 Å². The van der Waals surface area contributed by atoms with Gasteiger partial charge in [0.1, 0.15) is 16.0 Å². The van der Waals surface area contributed by atoms with E-state index in [0.717, 1.165) is 5.56 Å². The zero-order valence-electron chi connectivity index (χ0n) is 10.8. The van der Waals surface area contributed by atoms with Crippen molar-refractivity contribution in [1.29, 1.82) is 0 Å². The van der Waals surface area contributed by atoms with E-state index in [4.69, 9.17) is 23.2 Å². The molecular formula is C13H9Cl2N3O3. The summed E-state index contributed by atoms with van der Waals surface area (Å²) in [6.07, 6.45) is 0. The second kappa shape index (κ2) is 6.07. The molecule has 0 saturated heterocycles. The predicted octanol–water partition coefficient (Wildman–Crippen LogP) is 3.86. The van der Waals surface area contributed by atoms with E-state index in [1.807, 2.05) is 0 Å². The Morgan fingerprint density at radius 2 is 1.86 bits per heavy atom. The van der Waals surface area contributed by atoms with Crippen LogP contribution in [0.5, 0.6) is 0 Å². The molecule has 0 atom stereocenters. The lowest BCUT2D eigenvalue weighted by molar-refractivity contribution is -0.383. The molecule has 0 radical (unpaired) electrons. The molecule has 0 saturated carbocycles. The highest BCUT2D eigenvalue weighted by Gasteiger charge is 2.17. The number of rotatable bonds is 3. The molecule has 8 heteroatoms. The molecule has 1 aromatic heterocycles. The number of halogens is 2. The molecular weight excluding hydrogens is 317 g/mol. The third kappa shape index (κ3) is 3.68. The van der Waals surface area contributed by atoms with Crippen molar-refractivity contribution in [3.8, 4) is 0 Å². The number of aryl methyl sites for hydroxylation is 1. The molecule has 0 fully saturated rings. The van der Waals surface area contributed by atoms with E-state index in [1.54, 1.807) is 13.0 Å². The number of amides is 1. The molecule has 0 spiro atoms. The van der Waals surface area contributed by atoms with Crippen LogP contribution in [-0.2, 0) is 0 Å². The standard InChI is InChI=1S/C13H9Cl2N3O3/c1-7-2-3-10(18(20)21)9(4-7)16-13(19)8-5-11(14)17-12(15)6-8/h2-6H,1H3,(H,16,19). The first-order valence-electron chi connectivity index (χ1n) is 5.76. The van der Waals surface area contributed by atoms with Crippen molar-refractivity contribution in [1.82, 2.24) is 4.98 Å². The Labute approximate surface area is 129 Å². The summed E-state index contributed by atoms with van der Waals surface area (Å²) < 4.78 is 0. The number of nitrogens with one attached hydrogen (secondary N) is 1. The van der Waals surface area contributed by atoms with Crippen molar-refractivity contribution in [3.63, 3.8) is 0 Å². The Kier molecular flexibility index (Phi) is 4.40. The van der Waals surface area contributed by atoms with E-state index in [9.17, 15) is 14.9 Å². The molecule has 2 rings (SSSR count). The van der Waals surface area contributed by atoms with Crippen molar-refractivity contribution < 1.29 is 9.72 Å². The van der Waals surface area contributed by atoms with Gasteiger partial charge in [-0.25, -0.2) is 4.98 Å². The lowest BCUT2D eigenvalue weighted by atomic mass is 10.2. The van der Waals surface area contributed by atoms with E-state index >= 15 is 0 Å². The van der Waals surface area contributed by atoms with Gasteiger partial charge < -0.3 is 5.32 Å². The largest absolute Gasteiger partial charge is 0.316 e. The van der Waals surface area contributed by atoms with Gasteiger partial charge in [-0.3, -0.25) is 14.9 Å². The molecule has 0 aliphatic heterocycles. The summed E-state index contributed by atoms with van der Waals surface area (Å²) in [6.45, 7) is 1.76. The number of benzene rings is 1. The smallest absolute Gasteiger partial charge is 0.292 e. The molecule has 1 heterocycles. The predicted molar refractivity (Wildman–Crippen MR) is 80.0 cm³/mol. The first-order chi connectivity index (χ1) is 9.86. The van der Waals surface area contributed by atoms with Crippen molar-refractivity contribution in [2.75, 3.05) is 5.32 Å². The van der Waals surface area contributed by atoms with E-state index in [2.05, 4.69) is 10.3 Å². The second-order valence-corrected chi connectivity index (χ2v) is 5.01. The van der Waals surface area contributed by atoms with Crippen LogP contribution in [0.1, 0.15) is 15.9 Å². The van der Waals surface area contributed by atoms with Crippen LogP contribution in [0.25, 0.3) is 0 Å². The molecule has 21 heavy (non-hydrogen) atoms. The van der Waals surface area contributed by atoms with Crippen molar-refractivity contribution in [2.24, 2.45) is 0 Å². The van der Waals surface area contributed by atoms with Gasteiger partial charge in [0.05, 0.1) is 4.92 Å². The fourth-order valence-corrected chi connectivity index (χ4v) is 2.16. The van der Waals surface area contributed by atoms with Gasteiger partial charge in [0.25, 0.3) is 11.6 Å². The maximum atomic E-state index is 12.1. The normalized spacial score (nSPS) is 10.2. The molecule has 1 N–H and O–H groups in total. The zero-order valence-corrected chi connectivity index (χ0v) is 12.3. The highest BCUT2D eigenvalue weighted by Crippen LogP contribution is 2.26. The lowest BCUT2D eigenvalue weighted by Crippen LogP contribution is -2.13. The number of nitro groups is 1. The molecule has 0 unspecified atom stereocenters. The number of nitrogens with zero attached hydrogens (tertiary/aromatic N) is 2. The van der Waals surface area contributed by atoms with Crippen molar-refractivity contribution in [2.45, 2.75) is 6.92 Å². The summed E-state index contributed by atoms with van der Waals surface area (Å²) in [5.74, 6) is -0.560. The number of aromatic nitrogens is 1. The van der Waals surface area contributed by atoms with E-state index in [1.165, 1.54) is 24.3 Å². The third-order valence-corrected chi connectivity index (χ3v) is 3.01. The maximum absolute atomic E-state index is 12.1. The van der Waals surface area contributed by atoms with E-state index in [-0.39, 0.29) is 27.2 Å². The molecule has 0 aliphatic carbocycles. The summed E-state index contributed by atoms with van der Waals surface area (Å²) >= 11 is 11.4. The molecule has 108 valence electrons. The number of hydrogen-bond acceptors (Lipinski definition) is 4. The number of pyridine rings is 1. The first-order valence-corrected chi connectivity index (χ1v) is 6.52. The summed E-state index contributed by atoms with van der Waals surface area (Å²) in [4.78, 5) is 26.2. The zero-order chi connectivity index (χ0) is 15.6. The number of carbonyl (C=O) groups excluding carboxylic acids is 1. The minimum atomic E-state index is -0.568. The van der Waals surface area contributed by atoms with Crippen molar-refractivity contribution in [3.05, 3.63) is 61.9 Å². The molecule has 1 amide bonds. The third-order valence-electron chi connectivity index (χ3n) is 2.62. The Morgan fingerprint density at radius 1 is 1.24 bits per heavy atom. The Bertz CT molecular complexity index is 714. The van der Waals surface area contributed by atoms with Crippen LogP contribution in [0.2, 0.25) is 10.3 Å². The summed E-state index contributed by atoms with van der Waals surface area (Å²) in [5, 5.41) is 13.6. The van der Waals surface area contributed by atoms with Gasteiger partial charge in [-0.2, -0.15) is 0 Å². The van der Waals surface area contributed by atoms with Crippen LogP contribution in [0.3, 0.4) is 0 Å². The number of hydrogen-bond donors (Lipinski definition) is 1. The number of nitro benzene ring substituents is 1. The topological polar surface area (TPSA) is 85.1 Å². The van der Waals surface area contributed by atoms with Crippen LogP contribution in [0.15, 0.2) is 30.3 Å². The van der Waals surface area contributed by atoms with Crippen LogP contribution in [0, 0.1) is 17.0 Å². The SMILES string of the molecule is Cc1ccc([N+](=O)[O-])c(NC(=O)c2cc(Cl)nc(Cl)c2)c1. The second-order valence-electron chi connectivity index (χ2n) is 4.23. The van der Waals surface area contributed by atoms with Crippen LogP contribution in [-0.4, -0.2) is 15.8 Å². The van der Waals surface area contributed by atoms with Gasteiger partial charge in [0.15, 0.2) is 0 Å². The van der Waals surface area contributed by atoms with Gasteiger partial charge in [0, 0.05) is 11.6 Å². The van der Waals surface area contributed by atoms with Gasteiger partial charge in [0.2, 0.25) is 0 Å². The highest BCUT2D eigenvalue weighted by atomic mass is 35.5. The Balaban J connectivity index is 2.35. The van der Waals surface area contributed by atoms with Crippen LogP contribution >= 0.6 is 23.2 Å². The monoisotopic (exact) mass is 325 g/mol. The minimum Gasteiger partial charge on any atom is -0.316 e.